The molecule has 1 amide bonds. The Kier molecular flexibility index (Phi) is 4.48. The summed E-state index contributed by atoms with van der Waals surface area (Å²) in [5.74, 6) is 0.0501. The molecule has 0 unspecified atom stereocenters. The van der Waals surface area contributed by atoms with Gasteiger partial charge in [0.2, 0.25) is 0 Å². The van der Waals surface area contributed by atoms with Crippen molar-refractivity contribution in [2.24, 2.45) is 0 Å². The molecular weight excluding hydrogens is 364 g/mol. The molecule has 2 aromatic carbocycles. The number of pyridine rings is 1. The van der Waals surface area contributed by atoms with E-state index in [9.17, 15) is 4.79 Å². The van der Waals surface area contributed by atoms with Crippen LogP contribution in [0, 0.1) is 0 Å². The SMILES string of the molecule is O=C(c1cc(-c2cccc3cccnc23)cc(-n2cnnn2)c1)N1CCCCC1. The van der Waals surface area contributed by atoms with Gasteiger partial charge in [-0.05, 0) is 59.5 Å². The molecule has 7 heteroatoms. The van der Waals surface area contributed by atoms with Gasteiger partial charge in [0, 0.05) is 35.8 Å². The number of likely N-dealkylation sites (tertiary alicyclic amines) is 1. The van der Waals surface area contributed by atoms with Crippen LogP contribution < -0.4 is 0 Å². The Morgan fingerprint density at radius 3 is 2.66 bits per heavy atom. The Morgan fingerprint density at radius 1 is 0.966 bits per heavy atom. The highest BCUT2D eigenvalue weighted by Crippen LogP contribution is 2.30. The standard InChI is InChI=1S/C22H20N6O/c29-22(27-10-2-1-3-11-27)18-12-17(13-19(14-18)28-15-24-25-26-28)20-8-4-6-16-7-5-9-23-21(16)20/h4-9,12-15H,1-3,10-11H2. The van der Waals surface area contributed by atoms with E-state index in [0.717, 1.165) is 53.6 Å². The zero-order valence-corrected chi connectivity index (χ0v) is 15.9. The number of amides is 1. The number of benzene rings is 2. The van der Waals surface area contributed by atoms with E-state index in [1.54, 1.807) is 10.9 Å². The molecule has 144 valence electrons. The number of hydrogen-bond donors (Lipinski definition) is 0. The highest BCUT2D eigenvalue weighted by atomic mass is 16.2. The topological polar surface area (TPSA) is 76.8 Å². The summed E-state index contributed by atoms with van der Waals surface area (Å²) in [7, 11) is 0. The van der Waals surface area contributed by atoms with Crippen molar-refractivity contribution in [1.82, 2.24) is 30.1 Å². The minimum Gasteiger partial charge on any atom is -0.339 e. The fourth-order valence-electron chi connectivity index (χ4n) is 3.92. The number of piperidine rings is 1. The number of carbonyl (C=O) groups is 1. The summed E-state index contributed by atoms with van der Waals surface area (Å²) in [6.07, 6.45) is 6.62. The molecule has 1 saturated heterocycles. The summed E-state index contributed by atoms with van der Waals surface area (Å²) < 4.78 is 1.58. The maximum absolute atomic E-state index is 13.2. The van der Waals surface area contributed by atoms with Gasteiger partial charge in [0.15, 0.2) is 0 Å². The molecule has 1 aliphatic heterocycles. The van der Waals surface area contributed by atoms with Crippen LogP contribution >= 0.6 is 0 Å². The minimum absolute atomic E-state index is 0.0501. The largest absolute Gasteiger partial charge is 0.339 e. The number of carbonyl (C=O) groups excluding carboxylic acids is 1. The molecule has 0 spiro atoms. The molecule has 3 heterocycles. The monoisotopic (exact) mass is 384 g/mol. The number of fused-ring (bicyclic) bond motifs is 1. The lowest BCUT2D eigenvalue weighted by Gasteiger charge is -2.27. The van der Waals surface area contributed by atoms with Gasteiger partial charge < -0.3 is 4.90 Å². The summed E-state index contributed by atoms with van der Waals surface area (Å²) in [6.45, 7) is 1.61. The molecule has 7 nitrogen and oxygen atoms in total. The fourth-order valence-corrected chi connectivity index (χ4v) is 3.92. The van der Waals surface area contributed by atoms with E-state index in [1.165, 1.54) is 12.7 Å². The van der Waals surface area contributed by atoms with E-state index in [0.29, 0.717) is 5.56 Å². The summed E-state index contributed by atoms with van der Waals surface area (Å²) in [6, 6.07) is 15.8. The third-order valence-corrected chi connectivity index (χ3v) is 5.37. The Hall–Kier alpha value is -3.61. The van der Waals surface area contributed by atoms with Crippen molar-refractivity contribution in [2.45, 2.75) is 19.3 Å². The van der Waals surface area contributed by atoms with Crippen molar-refractivity contribution in [3.63, 3.8) is 0 Å². The van der Waals surface area contributed by atoms with E-state index in [1.807, 2.05) is 53.4 Å². The van der Waals surface area contributed by atoms with Crippen molar-refractivity contribution < 1.29 is 4.79 Å². The number of para-hydroxylation sites is 1. The van der Waals surface area contributed by atoms with Gasteiger partial charge in [-0.15, -0.1) is 5.10 Å². The van der Waals surface area contributed by atoms with E-state index in [4.69, 9.17) is 0 Å². The molecule has 0 radical (unpaired) electrons. The minimum atomic E-state index is 0.0501. The molecule has 4 aromatic rings. The summed E-state index contributed by atoms with van der Waals surface area (Å²) in [5.41, 5.74) is 4.19. The van der Waals surface area contributed by atoms with Crippen LogP contribution in [0.2, 0.25) is 0 Å². The van der Waals surface area contributed by atoms with Gasteiger partial charge in [0.1, 0.15) is 6.33 Å². The highest BCUT2D eigenvalue weighted by molar-refractivity contribution is 5.99. The van der Waals surface area contributed by atoms with Gasteiger partial charge in [0.05, 0.1) is 11.2 Å². The average molecular weight is 384 g/mol. The average Bonchev–Trinajstić information content (AvgIpc) is 3.33. The molecule has 0 atom stereocenters. The van der Waals surface area contributed by atoms with E-state index in [2.05, 4.69) is 20.5 Å². The second-order valence-electron chi connectivity index (χ2n) is 7.26. The summed E-state index contributed by atoms with van der Waals surface area (Å²) >= 11 is 0. The lowest BCUT2D eigenvalue weighted by Crippen LogP contribution is -2.35. The van der Waals surface area contributed by atoms with Crippen LogP contribution in [-0.4, -0.2) is 49.1 Å². The summed E-state index contributed by atoms with van der Waals surface area (Å²) in [4.78, 5) is 19.7. The zero-order valence-electron chi connectivity index (χ0n) is 15.9. The number of hydrogen-bond acceptors (Lipinski definition) is 5. The lowest BCUT2D eigenvalue weighted by atomic mass is 9.98. The first-order valence-electron chi connectivity index (χ1n) is 9.81. The molecule has 2 aromatic heterocycles. The number of tetrazole rings is 1. The Morgan fingerprint density at radius 2 is 1.83 bits per heavy atom. The molecule has 0 aliphatic carbocycles. The van der Waals surface area contributed by atoms with Crippen LogP contribution in [-0.2, 0) is 0 Å². The zero-order chi connectivity index (χ0) is 19.6. The second-order valence-corrected chi connectivity index (χ2v) is 7.26. The lowest BCUT2D eigenvalue weighted by molar-refractivity contribution is 0.0724. The maximum Gasteiger partial charge on any atom is 0.253 e. The molecule has 5 rings (SSSR count). The molecule has 1 aliphatic rings. The van der Waals surface area contributed by atoms with Gasteiger partial charge >= 0.3 is 0 Å². The first kappa shape index (κ1) is 17.5. The van der Waals surface area contributed by atoms with Crippen LogP contribution in [0.15, 0.2) is 61.1 Å². The third kappa shape index (κ3) is 3.35. The Bertz CT molecular complexity index is 1160. The van der Waals surface area contributed by atoms with Crippen molar-refractivity contribution in [3.05, 3.63) is 66.6 Å². The fraction of sp³-hybridized carbons (Fsp3) is 0.227. The predicted molar refractivity (Wildman–Crippen MR) is 110 cm³/mol. The van der Waals surface area contributed by atoms with Crippen molar-refractivity contribution in [2.75, 3.05) is 13.1 Å². The van der Waals surface area contributed by atoms with Gasteiger partial charge in [-0.25, -0.2) is 4.68 Å². The van der Waals surface area contributed by atoms with Crippen LogP contribution in [0.25, 0.3) is 27.7 Å². The van der Waals surface area contributed by atoms with Gasteiger partial charge in [0.25, 0.3) is 5.91 Å². The maximum atomic E-state index is 13.2. The van der Waals surface area contributed by atoms with Crippen LogP contribution in [0.1, 0.15) is 29.6 Å². The Labute approximate surface area is 168 Å². The quantitative estimate of drug-likeness (QED) is 0.540. The number of aromatic nitrogens is 5. The smallest absolute Gasteiger partial charge is 0.253 e. The van der Waals surface area contributed by atoms with Crippen LogP contribution in [0.3, 0.4) is 0 Å². The molecule has 0 N–H and O–H groups in total. The molecular formula is C22H20N6O. The van der Waals surface area contributed by atoms with E-state index < -0.39 is 0 Å². The Balaban J connectivity index is 1.66. The molecule has 1 fully saturated rings. The first-order valence-corrected chi connectivity index (χ1v) is 9.81. The number of rotatable bonds is 3. The van der Waals surface area contributed by atoms with Gasteiger partial charge in [-0.3, -0.25) is 9.78 Å². The third-order valence-electron chi connectivity index (χ3n) is 5.37. The molecule has 0 saturated carbocycles. The molecule has 0 bridgehead atoms. The van der Waals surface area contributed by atoms with Crippen molar-refractivity contribution in [1.29, 1.82) is 0 Å². The van der Waals surface area contributed by atoms with Crippen molar-refractivity contribution >= 4 is 16.8 Å². The number of nitrogens with zero attached hydrogens (tertiary/aromatic N) is 6. The van der Waals surface area contributed by atoms with Crippen molar-refractivity contribution in [3.8, 4) is 16.8 Å². The first-order chi connectivity index (χ1) is 14.3. The van der Waals surface area contributed by atoms with E-state index >= 15 is 0 Å². The second kappa shape index (κ2) is 7.43. The van der Waals surface area contributed by atoms with Crippen LogP contribution in [0.5, 0.6) is 0 Å². The summed E-state index contributed by atoms with van der Waals surface area (Å²) in [5, 5.41) is 12.5. The normalized spacial score (nSPS) is 14.3. The van der Waals surface area contributed by atoms with Gasteiger partial charge in [-0.1, -0.05) is 24.3 Å². The molecule has 29 heavy (non-hydrogen) atoms. The predicted octanol–water partition coefficient (Wildman–Crippen LogP) is 3.50. The van der Waals surface area contributed by atoms with Crippen LogP contribution in [0.4, 0.5) is 0 Å². The van der Waals surface area contributed by atoms with Gasteiger partial charge in [-0.2, -0.15) is 0 Å². The van der Waals surface area contributed by atoms with E-state index in [-0.39, 0.29) is 5.91 Å². The highest BCUT2D eigenvalue weighted by Gasteiger charge is 2.20.